The lowest BCUT2D eigenvalue weighted by atomic mass is 10.1. The van der Waals surface area contributed by atoms with Crippen LogP contribution in [0.5, 0.6) is 5.75 Å². The van der Waals surface area contributed by atoms with E-state index in [1.807, 2.05) is 0 Å². The number of carboxylic acid groups (broad SMARTS) is 1. The van der Waals surface area contributed by atoms with Crippen molar-refractivity contribution in [3.63, 3.8) is 0 Å². The molecule has 1 amide bonds. The SMILES string of the molecule is NC(CC#Cc1cccc(/C=N/NC(=O)c2ccc(O)c(Cl)c2)c1)C(=O)O. The number of nitrogens with two attached hydrogens (primary N) is 1. The maximum atomic E-state index is 12.0. The fourth-order valence-electron chi connectivity index (χ4n) is 1.93. The number of aromatic hydroxyl groups is 1. The van der Waals surface area contributed by atoms with Crippen molar-refractivity contribution in [2.75, 3.05) is 0 Å². The lowest BCUT2D eigenvalue weighted by Gasteiger charge is -2.02. The van der Waals surface area contributed by atoms with E-state index in [2.05, 4.69) is 22.4 Å². The van der Waals surface area contributed by atoms with Crippen molar-refractivity contribution in [2.45, 2.75) is 12.5 Å². The van der Waals surface area contributed by atoms with Gasteiger partial charge in [0, 0.05) is 17.5 Å². The molecule has 0 aliphatic heterocycles. The third-order valence-corrected chi connectivity index (χ3v) is 3.65. The third-order valence-electron chi connectivity index (χ3n) is 3.35. The Morgan fingerprint density at radius 1 is 1.30 bits per heavy atom. The number of aliphatic carboxylic acids is 1. The molecule has 7 nitrogen and oxygen atoms in total. The second kappa shape index (κ2) is 9.38. The van der Waals surface area contributed by atoms with Gasteiger partial charge in [-0.15, -0.1) is 0 Å². The smallest absolute Gasteiger partial charge is 0.321 e. The van der Waals surface area contributed by atoms with Crippen LogP contribution in [0, 0.1) is 11.8 Å². The number of benzene rings is 2. The summed E-state index contributed by atoms with van der Waals surface area (Å²) in [6, 6.07) is 10.1. The average molecular weight is 386 g/mol. The standard InChI is InChI=1S/C19H16ClN3O4/c20-15-10-14(7-8-17(15)24)18(25)23-22-11-13-5-1-3-12(9-13)4-2-6-16(21)19(26)27/h1,3,5,7-11,16,24H,6,21H2,(H,23,25)(H,26,27)/b22-11+. The van der Waals surface area contributed by atoms with Crippen molar-refractivity contribution >= 4 is 29.7 Å². The lowest BCUT2D eigenvalue weighted by Crippen LogP contribution is -2.29. The number of hydrazone groups is 1. The monoisotopic (exact) mass is 385 g/mol. The van der Waals surface area contributed by atoms with Crippen LogP contribution in [0.3, 0.4) is 0 Å². The molecule has 27 heavy (non-hydrogen) atoms. The first-order valence-corrected chi connectivity index (χ1v) is 8.14. The molecule has 0 aromatic heterocycles. The molecule has 2 aromatic carbocycles. The molecular formula is C19H16ClN3O4. The number of hydrogen-bond donors (Lipinski definition) is 4. The van der Waals surface area contributed by atoms with Crippen molar-refractivity contribution in [1.82, 2.24) is 5.43 Å². The highest BCUT2D eigenvalue weighted by atomic mass is 35.5. The number of halogens is 1. The van der Waals surface area contributed by atoms with Gasteiger partial charge < -0.3 is 15.9 Å². The molecule has 0 radical (unpaired) electrons. The van der Waals surface area contributed by atoms with Gasteiger partial charge >= 0.3 is 5.97 Å². The molecule has 1 atom stereocenters. The number of phenols is 1. The number of phenolic OH excluding ortho intramolecular Hbond substituents is 1. The van der Waals surface area contributed by atoms with E-state index in [9.17, 15) is 14.7 Å². The molecule has 0 heterocycles. The van der Waals surface area contributed by atoms with Crippen molar-refractivity contribution in [3.8, 4) is 17.6 Å². The van der Waals surface area contributed by atoms with Crippen molar-refractivity contribution in [2.24, 2.45) is 10.8 Å². The third kappa shape index (κ3) is 6.15. The molecule has 0 fully saturated rings. The Hall–Kier alpha value is -3.34. The minimum atomic E-state index is -1.10. The predicted molar refractivity (Wildman–Crippen MR) is 102 cm³/mol. The lowest BCUT2D eigenvalue weighted by molar-refractivity contribution is -0.138. The first kappa shape index (κ1) is 20.0. The van der Waals surface area contributed by atoms with Gasteiger partial charge in [-0.05, 0) is 35.9 Å². The number of carboxylic acids is 1. The fraction of sp³-hybridized carbons (Fsp3) is 0.105. The van der Waals surface area contributed by atoms with Crippen LogP contribution in [0.15, 0.2) is 47.6 Å². The summed E-state index contributed by atoms with van der Waals surface area (Å²) >= 11 is 5.76. The first-order valence-electron chi connectivity index (χ1n) is 7.76. The number of hydrogen-bond acceptors (Lipinski definition) is 5. The predicted octanol–water partition coefficient (Wildman–Crippen LogP) is 1.96. The zero-order valence-corrected chi connectivity index (χ0v) is 14.8. The number of carbonyl (C=O) groups is 2. The zero-order valence-electron chi connectivity index (χ0n) is 14.0. The summed E-state index contributed by atoms with van der Waals surface area (Å²) in [6.45, 7) is 0. The minimum Gasteiger partial charge on any atom is -0.506 e. The van der Waals surface area contributed by atoms with Crippen molar-refractivity contribution in [1.29, 1.82) is 0 Å². The van der Waals surface area contributed by atoms with Gasteiger partial charge in [0.15, 0.2) is 0 Å². The summed E-state index contributed by atoms with van der Waals surface area (Å²) in [5.74, 6) is 3.85. The largest absolute Gasteiger partial charge is 0.506 e. The van der Waals surface area contributed by atoms with Crippen molar-refractivity contribution < 1.29 is 19.8 Å². The van der Waals surface area contributed by atoms with E-state index in [1.54, 1.807) is 24.3 Å². The number of carbonyl (C=O) groups excluding carboxylic acids is 1. The fourth-order valence-corrected chi connectivity index (χ4v) is 2.11. The molecule has 1 unspecified atom stereocenters. The van der Waals surface area contributed by atoms with Crippen LogP contribution in [0.1, 0.15) is 27.9 Å². The van der Waals surface area contributed by atoms with Gasteiger partial charge in [-0.2, -0.15) is 5.10 Å². The zero-order chi connectivity index (χ0) is 19.8. The van der Waals surface area contributed by atoms with E-state index < -0.39 is 17.9 Å². The molecule has 5 N–H and O–H groups in total. The minimum absolute atomic E-state index is 0.0406. The van der Waals surface area contributed by atoms with Gasteiger partial charge in [0.1, 0.15) is 11.8 Å². The van der Waals surface area contributed by atoms with Crippen LogP contribution in [0.4, 0.5) is 0 Å². The van der Waals surface area contributed by atoms with Crippen LogP contribution < -0.4 is 11.2 Å². The van der Waals surface area contributed by atoms with E-state index in [0.29, 0.717) is 11.1 Å². The molecule has 0 aliphatic carbocycles. The Bertz CT molecular complexity index is 947. The van der Waals surface area contributed by atoms with Crippen molar-refractivity contribution in [3.05, 3.63) is 64.2 Å². The highest BCUT2D eigenvalue weighted by molar-refractivity contribution is 6.32. The Morgan fingerprint density at radius 2 is 2.07 bits per heavy atom. The van der Waals surface area contributed by atoms with Gasteiger partial charge in [-0.25, -0.2) is 5.43 Å². The molecule has 0 saturated heterocycles. The van der Waals surface area contributed by atoms with Gasteiger partial charge in [-0.1, -0.05) is 35.6 Å². The Labute approximate surface area is 160 Å². The second-order valence-electron chi connectivity index (χ2n) is 5.44. The first-order chi connectivity index (χ1) is 12.9. The highest BCUT2D eigenvalue weighted by Crippen LogP contribution is 2.23. The number of amides is 1. The van der Waals surface area contributed by atoms with Gasteiger partial charge in [0.25, 0.3) is 5.91 Å². The molecule has 2 rings (SSSR count). The maximum absolute atomic E-state index is 12.0. The van der Waals surface area contributed by atoms with Gasteiger partial charge in [0.05, 0.1) is 11.2 Å². The average Bonchev–Trinajstić information content (AvgIpc) is 2.64. The van der Waals surface area contributed by atoms with Gasteiger partial charge in [0.2, 0.25) is 0 Å². The number of nitrogens with one attached hydrogen (secondary N) is 1. The molecule has 0 bridgehead atoms. The summed E-state index contributed by atoms with van der Waals surface area (Å²) in [5, 5.41) is 22.0. The molecule has 8 heteroatoms. The summed E-state index contributed by atoms with van der Waals surface area (Å²) in [5.41, 5.74) is 9.34. The topological polar surface area (TPSA) is 125 Å². The number of nitrogens with zero attached hydrogens (tertiary/aromatic N) is 1. The quantitative estimate of drug-likeness (QED) is 0.355. The highest BCUT2D eigenvalue weighted by Gasteiger charge is 2.08. The molecule has 0 spiro atoms. The van der Waals surface area contributed by atoms with Crippen LogP contribution in [0.2, 0.25) is 5.02 Å². The summed E-state index contributed by atoms with van der Waals surface area (Å²) in [7, 11) is 0. The van der Waals surface area contributed by atoms with Crippen LogP contribution in [-0.4, -0.2) is 34.3 Å². The Morgan fingerprint density at radius 3 is 2.78 bits per heavy atom. The van der Waals surface area contributed by atoms with E-state index >= 15 is 0 Å². The second-order valence-corrected chi connectivity index (χ2v) is 5.85. The molecular weight excluding hydrogens is 370 g/mol. The summed E-state index contributed by atoms with van der Waals surface area (Å²) < 4.78 is 0. The number of rotatable bonds is 5. The van der Waals surface area contributed by atoms with Crippen LogP contribution in [-0.2, 0) is 4.79 Å². The molecule has 138 valence electrons. The molecule has 0 aliphatic rings. The van der Waals surface area contributed by atoms with Crippen LogP contribution >= 0.6 is 11.6 Å². The van der Waals surface area contributed by atoms with E-state index in [4.69, 9.17) is 22.4 Å². The normalized spacial score (nSPS) is 11.5. The summed E-state index contributed by atoms with van der Waals surface area (Å²) in [6.07, 6.45) is 1.48. The molecule has 2 aromatic rings. The van der Waals surface area contributed by atoms with E-state index in [0.717, 1.165) is 0 Å². The Balaban J connectivity index is 1.99. The maximum Gasteiger partial charge on any atom is 0.321 e. The molecule has 0 saturated carbocycles. The van der Waals surface area contributed by atoms with E-state index in [1.165, 1.54) is 24.4 Å². The van der Waals surface area contributed by atoms with E-state index in [-0.39, 0.29) is 22.8 Å². The summed E-state index contributed by atoms with van der Waals surface area (Å²) in [4.78, 5) is 22.6. The Kier molecular flexibility index (Phi) is 6.94. The van der Waals surface area contributed by atoms with Crippen LogP contribution in [0.25, 0.3) is 0 Å². The van der Waals surface area contributed by atoms with Gasteiger partial charge in [-0.3, -0.25) is 9.59 Å².